The lowest BCUT2D eigenvalue weighted by atomic mass is 10.1. The van der Waals surface area contributed by atoms with Gasteiger partial charge in [-0.2, -0.15) is 0 Å². The second-order valence-corrected chi connectivity index (χ2v) is 5.94. The molecule has 0 radical (unpaired) electrons. The summed E-state index contributed by atoms with van der Waals surface area (Å²) in [4.78, 5) is 35.7. The van der Waals surface area contributed by atoms with Gasteiger partial charge >= 0.3 is 18.0 Å². The molecule has 0 saturated heterocycles. The number of urea groups is 1. The van der Waals surface area contributed by atoms with E-state index < -0.39 is 18.0 Å². The molecular weight excluding hydrogens is 372 g/mol. The fraction of sp³-hybridized carbons (Fsp3) is 0.211. The normalized spacial score (nSPS) is 10.0. The Hall–Kier alpha value is -3.06. The van der Waals surface area contributed by atoms with E-state index in [-0.39, 0.29) is 16.8 Å². The van der Waals surface area contributed by atoms with Crippen LogP contribution in [0.25, 0.3) is 0 Å². The van der Waals surface area contributed by atoms with Crippen LogP contribution in [0.5, 0.6) is 0 Å². The van der Waals surface area contributed by atoms with Crippen LogP contribution in [0.3, 0.4) is 0 Å². The molecule has 2 aromatic rings. The number of ether oxygens (including phenoxy) is 2. The average molecular weight is 391 g/mol. The number of methoxy groups -OCH3 is 2. The zero-order chi connectivity index (χ0) is 19.8. The zero-order valence-electron chi connectivity index (χ0n) is 14.9. The molecule has 142 valence electrons. The Balaban J connectivity index is 2.04. The lowest BCUT2D eigenvalue weighted by Gasteiger charge is -2.12. The first-order chi connectivity index (χ1) is 12.9. The highest BCUT2D eigenvalue weighted by molar-refractivity contribution is 6.30. The minimum absolute atomic E-state index is 0.123. The number of hydrogen-bond acceptors (Lipinski definition) is 5. The molecule has 2 amide bonds. The number of nitrogens with one attached hydrogen (secondary N) is 2. The van der Waals surface area contributed by atoms with E-state index in [1.807, 2.05) is 12.1 Å². The molecule has 0 saturated carbocycles. The van der Waals surface area contributed by atoms with Crippen LogP contribution in [-0.4, -0.2) is 38.7 Å². The van der Waals surface area contributed by atoms with Crippen molar-refractivity contribution in [2.45, 2.75) is 6.42 Å². The Morgan fingerprint density at radius 1 is 0.963 bits per heavy atom. The highest BCUT2D eigenvalue weighted by Crippen LogP contribution is 2.19. The number of esters is 2. The van der Waals surface area contributed by atoms with Crippen LogP contribution in [0.2, 0.25) is 5.02 Å². The molecule has 2 rings (SSSR count). The van der Waals surface area contributed by atoms with Gasteiger partial charge in [-0.05, 0) is 42.3 Å². The molecule has 0 heterocycles. The molecule has 0 bridgehead atoms. The summed E-state index contributed by atoms with van der Waals surface area (Å²) in [5, 5.41) is 5.89. The molecule has 0 aromatic heterocycles. The van der Waals surface area contributed by atoms with Gasteiger partial charge in [0.25, 0.3) is 0 Å². The van der Waals surface area contributed by atoms with Gasteiger partial charge in [-0.15, -0.1) is 0 Å². The fourth-order valence-electron chi connectivity index (χ4n) is 2.32. The van der Waals surface area contributed by atoms with Crippen LogP contribution >= 0.6 is 11.6 Å². The first kappa shape index (κ1) is 20.3. The van der Waals surface area contributed by atoms with Crippen LogP contribution < -0.4 is 10.6 Å². The van der Waals surface area contributed by atoms with Crippen LogP contribution in [-0.2, 0) is 15.9 Å². The fourth-order valence-corrected chi connectivity index (χ4v) is 2.44. The van der Waals surface area contributed by atoms with E-state index in [4.69, 9.17) is 16.3 Å². The summed E-state index contributed by atoms with van der Waals surface area (Å²) in [5.41, 5.74) is 1.48. The Bertz CT molecular complexity index is 836. The van der Waals surface area contributed by atoms with Crippen LogP contribution in [0.1, 0.15) is 26.3 Å². The zero-order valence-corrected chi connectivity index (χ0v) is 15.6. The SMILES string of the molecule is COC(=O)c1ccc(C(=O)OC)c(NC(=O)NCCc2ccc(Cl)cc2)c1. The smallest absolute Gasteiger partial charge is 0.339 e. The third-order valence-corrected chi connectivity index (χ3v) is 3.96. The van der Waals surface area contributed by atoms with Crippen molar-refractivity contribution in [1.29, 1.82) is 0 Å². The number of halogens is 1. The summed E-state index contributed by atoms with van der Waals surface area (Å²) in [5.74, 6) is -1.22. The van der Waals surface area contributed by atoms with Gasteiger partial charge in [0, 0.05) is 11.6 Å². The number of hydrogen-bond donors (Lipinski definition) is 2. The van der Waals surface area contributed by atoms with Gasteiger partial charge in [0.05, 0.1) is 31.0 Å². The van der Waals surface area contributed by atoms with E-state index in [1.165, 1.54) is 32.4 Å². The van der Waals surface area contributed by atoms with Gasteiger partial charge in [-0.25, -0.2) is 14.4 Å². The summed E-state index contributed by atoms with van der Waals surface area (Å²) in [7, 11) is 2.47. The van der Waals surface area contributed by atoms with E-state index >= 15 is 0 Å². The molecule has 0 unspecified atom stereocenters. The minimum Gasteiger partial charge on any atom is -0.465 e. The van der Waals surface area contributed by atoms with Gasteiger partial charge in [0.1, 0.15) is 0 Å². The molecule has 0 atom stereocenters. The molecule has 2 N–H and O–H groups in total. The Labute approximate surface area is 161 Å². The molecular formula is C19H19ClN2O5. The van der Waals surface area contributed by atoms with E-state index in [0.29, 0.717) is 18.0 Å². The van der Waals surface area contributed by atoms with Crippen molar-refractivity contribution in [1.82, 2.24) is 5.32 Å². The quantitative estimate of drug-likeness (QED) is 0.738. The van der Waals surface area contributed by atoms with Crippen molar-refractivity contribution >= 4 is 35.3 Å². The number of carbonyl (C=O) groups is 3. The molecule has 0 aliphatic rings. The topological polar surface area (TPSA) is 93.7 Å². The van der Waals surface area contributed by atoms with E-state index in [1.54, 1.807) is 12.1 Å². The predicted octanol–water partition coefficient (Wildman–Crippen LogP) is 3.28. The van der Waals surface area contributed by atoms with Crippen molar-refractivity contribution in [2.24, 2.45) is 0 Å². The number of amides is 2. The summed E-state index contributed by atoms with van der Waals surface area (Å²) in [6, 6.07) is 10.9. The van der Waals surface area contributed by atoms with Gasteiger partial charge in [0.15, 0.2) is 0 Å². The van der Waals surface area contributed by atoms with Crippen molar-refractivity contribution in [3.05, 3.63) is 64.2 Å². The van der Waals surface area contributed by atoms with E-state index in [0.717, 1.165) is 5.56 Å². The number of benzene rings is 2. The number of anilines is 1. The maximum atomic E-state index is 12.2. The van der Waals surface area contributed by atoms with Gasteiger partial charge < -0.3 is 20.1 Å². The van der Waals surface area contributed by atoms with Crippen LogP contribution in [0.15, 0.2) is 42.5 Å². The van der Waals surface area contributed by atoms with Crippen molar-refractivity contribution in [3.63, 3.8) is 0 Å². The molecule has 0 fully saturated rings. The van der Waals surface area contributed by atoms with Crippen LogP contribution in [0.4, 0.5) is 10.5 Å². The maximum Gasteiger partial charge on any atom is 0.339 e. The molecule has 0 aliphatic heterocycles. The minimum atomic E-state index is -0.636. The summed E-state index contributed by atoms with van der Waals surface area (Å²) in [6.45, 7) is 0.373. The van der Waals surface area contributed by atoms with Crippen molar-refractivity contribution in [3.8, 4) is 0 Å². The maximum absolute atomic E-state index is 12.2. The van der Waals surface area contributed by atoms with E-state index in [9.17, 15) is 14.4 Å². The summed E-state index contributed by atoms with van der Waals surface area (Å²) >= 11 is 5.83. The highest BCUT2D eigenvalue weighted by atomic mass is 35.5. The van der Waals surface area contributed by atoms with Gasteiger partial charge in [-0.3, -0.25) is 0 Å². The van der Waals surface area contributed by atoms with Gasteiger partial charge in [0.2, 0.25) is 0 Å². The molecule has 8 heteroatoms. The average Bonchev–Trinajstić information content (AvgIpc) is 2.68. The number of rotatable bonds is 6. The standard InChI is InChI=1S/C19H19ClN2O5/c1-26-17(23)13-5-8-15(18(24)27-2)16(11-13)22-19(25)21-10-9-12-3-6-14(20)7-4-12/h3-8,11H,9-10H2,1-2H3,(H2,21,22,25). The molecule has 0 spiro atoms. The Morgan fingerprint density at radius 3 is 2.26 bits per heavy atom. The predicted molar refractivity (Wildman–Crippen MR) is 101 cm³/mol. The van der Waals surface area contributed by atoms with Crippen LogP contribution in [0, 0.1) is 0 Å². The largest absolute Gasteiger partial charge is 0.465 e. The second-order valence-electron chi connectivity index (χ2n) is 5.50. The first-order valence-corrected chi connectivity index (χ1v) is 8.42. The Kier molecular flexibility index (Phi) is 7.19. The summed E-state index contributed by atoms with van der Waals surface area (Å²) in [6.07, 6.45) is 0.608. The molecule has 7 nitrogen and oxygen atoms in total. The molecule has 2 aromatic carbocycles. The second kappa shape index (κ2) is 9.59. The third-order valence-electron chi connectivity index (χ3n) is 3.71. The first-order valence-electron chi connectivity index (χ1n) is 8.04. The lowest BCUT2D eigenvalue weighted by Crippen LogP contribution is -2.31. The number of carbonyl (C=O) groups excluding carboxylic acids is 3. The van der Waals surface area contributed by atoms with Crippen molar-refractivity contribution < 1.29 is 23.9 Å². The third kappa shape index (κ3) is 5.72. The Morgan fingerprint density at radius 2 is 1.63 bits per heavy atom. The molecule has 0 aliphatic carbocycles. The van der Waals surface area contributed by atoms with Crippen molar-refractivity contribution in [2.75, 3.05) is 26.1 Å². The molecule has 27 heavy (non-hydrogen) atoms. The summed E-state index contributed by atoms with van der Waals surface area (Å²) < 4.78 is 9.35. The lowest BCUT2D eigenvalue weighted by molar-refractivity contribution is 0.0587. The van der Waals surface area contributed by atoms with E-state index in [2.05, 4.69) is 15.4 Å². The van der Waals surface area contributed by atoms with Gasteiger partial charge in [-0.1, -0.05) is 23.7 Å². The highest BCUT2D eigenvalue weighted by Gasteiger charge is 2.17. The monoisotopic (exact) mass is 390 g/mol.